The average Bonchev–Trinajstić information content (AvgIpc) is 3.24. The van der Waals surface area contributed by atoms with Gasteiger partial charge in [0.2, 0.25) is 11.8 Å². The van der Waals surface area contributed by atoms with Gasteiger partial charge < -0.3 is 24.5 Å². The normalized spacial score (nSPS) is 10.6. The van der Waals surface area contributed by atoms with Crippen LogP contribution in [-0.4, -0.2) is 42.9 Å². The predicted octanol–water partition coefficient (Wildman–Crippen LogP) is 3.70. The second-order valence-corrected chi connectivity index (χ2v) is 6.99. The van der Waals surface area contributed by atoms with E-state index in [0.29, 0.717) is 59.1 Å². The molecule has 3 aromatic rings. The Bertz CT molecular complexity index is 1080. The zero-order valence-electron chi connectivity index (χ0n) is 17.9. The second-order valence-electron chi connectivity index (χ2n) is 6.99. The lowest BCUT2D eigenvalue weighted by Crippen LogP contribution is -2.29. The number of hydrogen-bond donors (Lipinski definition) is 4. The second kappa shape index (κ2) is 11.0. The molecule has 0 radical (unpaired) electrons. The summed E-state index contributed by atoms with van der Waals surface area (Å²) in [6.45, 7) is 0.446. The summed E-state index contributed by atoms with van der Waals surface area (Å²) in [6, 6.07) is 10.2. The number of oxazole rings is 1. The number of amides is 3. The van der Waals surface area contributed by atoms with Gasteiger partial charge in [-0.25, -0.2) is 15.3 Å². The molecule has 1 aromatic heterocycles. The number of benzene rings is 2. The van der Waals surface area contributed by atoms with E-state index in [2.05, 4.69) is 15.6 Å². The minimum absolute atomic E-state index is 0.245. The largest absolute Gasteiger partial charge is 0.497 e. The Kier molecular flexibility index (Phi) is 7.87. The van der Waals surface area contributed by atoms with Gasteiger partial charge in [-0.05, 0) is 43.2 Å². The topological polar surface area (TPSA) is 135 Å². The highest BCUT2D eigenvalue weighted by molar-refractivity contribution is 5.92. The first-order valence-corrected chi connectivity index (χ1v) is 10.1. The molecule has 0 saturated heterocycles. The number of fused-ring (bicyclic) bond motifs is 1. The van der Waals surface area contributed by atoms with Gasteiger partial charge >= 0.3 is 6.03 Å². The number of rotatable bonds is 10. The third kappa shape index (κ3) is 5.88. The standard InChI is InChI=1S/C22H26N4O6/c1-30-15-8-10-19-17(13-15)24-21(32-19)14-7-9-18(31-2)16(12-14)25-22(28)23-11-5-3-4-6-20(27)26-29/h7-10,12-13,29H,3-6,11H2,1-2H3,(H,26,27)(H2,23,25,28). The van der Waals surface area contributed by atoms with Gasteiger partial charge in [-0.2, -0.15) is 0 Å². The molecule has 0 bridgehead atoms. The lowest BCUT2D eigenvalue weighted by molar-refractivity contribution is -0.129. The zero-order valence-corrected chi connectivity index (χ0v) is 17.9. The van der Waals surface area contributed by atoms with Crippen LogP contribution in [-0.2, 0) is 4.79 Å². The first kappa shape index (κ1) is 22.9. The maximum absolute atomic E-state index is 12.3. The van der Waals surface area contributed by atoms with E-state index in [1.807, 2.05) is 0 Å². The molecule has 2 aromatic carbocycles. The molecule has 3 amide bonds. The zero-order chi connectivity index (χ0) is 22.9. The van der Waals surface area contributed by atoms with Gasteiger partial charge in [0.25, 0.3) is 0 Å². The summed E-state index contributed by atoms with van der Waals surface area (Å²) in [6.07, 6.45) is 2.32. The highest BCUT2D eigenvalue weighted by Gasteiger charge is 2.14. The monoisotopic (exact) mass is 442 g/mol. The number of ether oxygens (including phenoxy) is 2. The minimum atomic E-state index is -0.416. The first-order chi connectivity index (χ1) is 15.5. The number of carbonyl (C=O) groups excluding carboxylic acids is 2. The van der Waals surface area contributed by atoms with E-state index in [0.717, 1.165) is 6.42 Å². The number of methoxy groups -OCH3 is 2. The number of nitrogens with zero attached hydrogens (tertiary/aromatic N) is 1. The van der Waals surface area contributed by atoms with E-state index in [1.54, 1.807) is 49.0 Å². The fourth-order valence-corrected chi connectivity index (χ4v) is 3.11. The van der Waals surface area contributed by atoms with Crippen LogP contribution < -0.4 is 25.6 Å². The highest BCUT2D eigenvalue weighted by atomic mass is 16.5. The lowest BCUT2D eigenvalue weighted by atomic mass is 10.2. The van der Waals surface area contributed by atoms with Crippen molar-refractivity contribution in [2.24, 2.45) is 0 Å². The van der Waals surface area contributed by atoms with Crippen LogP contribution in [0.15, 0.2) is 40.8 Å². The van der Waals surface area contributed by atoms with Gasteiger partial charge in [0.15, 0.2) is 5.58 Å². The third-order valence-corrected chi connectivity index (χ3v) is 4.78. The van der Waals surface area contributed by atoms with Crippen molar-refractivity contribution in [2.45, 2.75) is 25.7 Å². The Hall–Kier alpha value is -3.79. The summed E-state index contributed by atoms with van der Waals surface area (Å²) < 4.78 is 16.4. The number of unbranched alkanes of at least 4 members (excludes halogenated alkanes) is 2. The molecule has 0 spiro atoms. The molecule has 0 saturated carbocycles. The van der Waals surface area contributed by atoms with E-state index in [9.17, 15) is 9.59 Å². The SMILES string of the molecule is COc1ccc2oc(-c3ccc(OC)c(NC(=O)NCCCCCC(=O)NO)c3)nc2c1. The van der Waals surface area contributed by atoms with Crippen molar-refractivity contribution in [3.63, 3.8) is 0 Å². The van der Waals surface area contributed by atoms with Crippen LogP contribution in [0.4, 0.5) is 10.5 Å². The van der Waals surface area contributed by atoms with Gasteiger partial charge in [0, 0.05) is 24.6 Å². The molecule has 4 N–H and O–H groups in total. The maximum atomic E-state index is 12.3. The number of anilines is 1. The van der Waals surface area contributed by atoms with Crippen molar-refractivity contribution in [1.29, 1.82) is 0 Å². The molecule has 10 nitrogen and oxygen atoms in total. The average molecular weight is 442 g/mol. The van der Waals surface area contributed by atoms with Gasteiger partial charge in [-0.3, -0.25) is 10.0 Å². The van der Waals surface area contributed by atoms with Gasteiger partial charge in [0.05, 0.1) is 19.9 Å². The summed E-state index contributed by atoms with van der Waals surface area (Å²) in [4.78, 5) is 27.8. The third-order valence-electron chi connectivity index (χ3n) is 4.78. The molecule has 0 aliphatic carbocycles. The van der Waals surface area contributed by atoms with E-state index >= 15 is 0 Å². The molecule has 0 aliphatic rings. The molecule has 0 aliphatic heterocycles. The summed E-state index contributed by atoms with van der Waals surface area (Å²) in [5.41, 5.74) is 4.04. The lowest BCUT2D eigenvalue weighted by Gasteiger charge is -2.12. The Labute approximate surface area is 184 Å². The fourth-order valence-electron chi connectivity index (χ4n) is 3.11. The van der Waals surface area contributed by atoms with Gasteiger partial charge in [0.1, 0.15) is 17.0 Å². The fraction of sp³-hybridized carbons (Fsp3) is 0.318. The summed E-state index contributed by atoms with van der Waals surface area (Å²) in [7, 11) is 3.11. The number of aromatic nitrogens is 1. The number of urea groups is 1. The van der Waals surface area contributed by atoms with Crippen LogP contribution in [0, 0.1) is 0 Å². The van der Waals surface area contributed by atoms with Crippen LogP contribution in [0.1, 0.15) is 25.7 Å². The van der Waals surface area contributed by atoms with Gasteiger partial charge in [-0.1, -0.05) is 6.42 Å². The Morgan fingerprint density at radius 2 is 1.91 bits per heavy atom. The van der Waals surface area contributed by atoms with Crippen LogP contribution in [0.25, 0.3) is 22.6 Å². The molecule has 170 valence electrons. The highest BCUT2D eigenvalue weighted by Crippen LogP contribution is 2.32. The summed E-state index contributed by atoms with van der Waals surface area (Å²) >= 11 is 0. The molecule has 10 heteroatoms. The Balaban J connectivity index is 1.62. The number of carbonyl (C=O) groups is 2. The molecule has 0 fully saturated rings. The van der Waals surface area contributed by atoms with Crippen molar-refractivity contribution < 1.29 is 28.7 Å². The predicted molar refractivity (Wildman–Crippen MR) is 118 cm³/mol. The van der Waals surface area contributed by atoms with Crippen molar-refractivity contribution in [3.8, 4) is 23.0 Å². The summed E-state index contributed by atoms with van der Waals surface area (Å²) in [5.74, 6) is 1.17. The molecule has 0 atom stereocenters. The maximum Gasteiger partial charge on any atom is 0.319 e. The molecule has 3 rings (SSSR count). The van der Waals surface area contributed by atoms with E-state index < -0.39 is 5.91 Å². The first-order valence-electron chi connectivity index (χ1n) is 10.1. The van der Waals surface area contributed by atoms with Crippen LogP contribution in [0.3, 0.4) is 0 Å². The number of hydrogen-bond acceptors (Lipinski definition) is 7. The van der Waals surface area contributed by atoms with Gasteiger partial charge in [-0.15, -0.1) is 0 Å². The molecular weight excluding hydrogens is 416 g/mol. The van der Waals surface area contributed by atoms with Crippen LogP contribution in [0.2, 0.25) is 0 Å². The smallest absolute Gasteiger partial charge is 0.319 e. The van der Waals surface area contributed by atoms with Crippen molar-refractivity contribution in [3.05, 3.63) is 36.4 Å². The van der Waals surface area contributed by atoms with Crippen molar-refractivity contribution >= 4 is 28.7 Å². The quantitative estimate of drug-likeness (QED) is 0.214. The van der Waals surface area contributed by atoms with Crippen LogP contribution in [0.5, 0.6) is 11.5 Å². The summed E-state index contributed by atoms with van der Waals surface area (Å²) in [5, 5.41) is 14.0. The van der Waals surface area contributed by atoms with Crippen molar-refractivity contribution in [1.82, 2.24) is 15.8 Å². The minimum Gasteiger partial charge on any atom is -0.497 e. The Morgan fingerprint density at radius 3 is 2.66 bits per heavy atom. The van der Waals surface area contributed by atoms with E-state index in [4.69, 9.17) is 19.1 Å². The van der Waals surface area contributed by atoms with Crippen molar-refractivity contribution in [2.75, 3.05) is 26.1 Å². The molecule has 32 heavy (non-hydrogen) atoms. The molecule has 1 heterocycles. The van der Waals surface area contributed by atoms with E-state index in [1.165, 1.54) is 7.11 Å². The number of nitrogens with one attached hydrogen (secondary N) is 3. The Morgan fingerprint density at radius 1 is 1.06 bits per heavy atom. The van der Waals surface area contributed by atoms with E-state index in [-0.39, 0.29) is 12.5 Å². The molecular formula is C22H26N4O6. The number of hydroxylamine groups is 1. The molecule has 0 unspecified atom stereocenters. The van der Waals surface area contributed by atoms with Crippen LogP contribution >= 0.6 is 0 Å².